The molecule has 2 heterocycles. The number of pyridine rings is 1. The Balaban J connectivity index is 2.53. The third-order valence-corrected chi connectivity index (χ3v) is 2.14. The van der Waals surface area contributed by atoms with Gasteiger partial charge in [0.25, 0.3) is 0 Å². The van der Waals surface area contributed by atoms with E-state index in [9.17, 15) is 4.79 Å². The third kappa shape index (κ3) is 2.38. The van der Waals surface area contributed by atoms with Crippen LogP contribution in [0.15, 0.2) is 18.3 Å². The van der Waals surface area contributed by atoms with E-state index in [1.165, 1.54) is 6.07 Å². The van der Waals surface area contributed by atoms with Crippen LogP contribution in [0.5, 0.6) is 5.75 Å². The SMILES string of the molecule is CC(C)(C)Oc1ccnc2[nH]c(C(=O)O)cc12. The summed E-state index contributed by atoms with van der Waals surface area (Å²) >= 11 is 0. The molecule has 0 bridgehead atoms. The van der Waals surface area contributed by atoms with Gasteiger partial charge in [-0.25, -0.2) is 9.78 Å². The van der Waals surface area contributed by atoms with Crippen LogP contribution in [0.2, 0.25) is 0 Å². The first kappa shape index (κ1) is 11.4. The van der Waals surface area contributed by atoms with E-state index in [1.807, 2.05) is 20.8 Å². The maximum Gasteiger partial charge on any atom is 0.352 e. The van der Waals surface area contributed by atoms with Gasteiger partial charge in [0, 0.05) is 6.20 Å². The van der Waals surface area contributed by atoms with Crippen molar-refractivity contribution in [1.82, 2.24) is 9.97 Å². The molecule has 2 aromatic heterocycles. The number of nitrogens with zero attached hydrogens (tertiary/aromatic N) is 1. The molecule has 5 nitrogen and oxygen atoms in total. The second kappa shape index (κ2) is 3.76. The largest absolute Gasteiger partial charge is 0.487 e. The molecule has 5 heteroatoms. The minimum absolute atomic E-state index is 0.109. The fourth-order valence-corrected chi connectivity index (χ4v) is 1.54. The van der Waals surface area contributed by atoms with Gasteiger partial charge in [0.05, 0.1) is 5.39 Å². The molecule has 17 heavy (non-hydrogen) atoms. The van der Waals surface area contributed by atoms with E-state index in [1.54, 1.807) is 12.3 Å². The number of carboxylic acid groups (broad SMARTS) is 1. The molecule has 0 atom stereocenters. The molecule has 2 rings (SSSR count). The molecule has 0 aliphatic heterocycles. The molecular formula is C12H14N2O3. The second-order valence-corrected chi connectivity index (χ2v) is 4.77. The summed E-state index contributed by atoms with van der Waals surface area (Å²) in [6.45, 7) is 5.80. The van der Waals surface area contributed by atoms with Crippen LogP contribution in [0, 0.1) is 0 Å². The maximum atomic E-state index is 10.9. The molecule has 0 spiro atoms. The summed E-state index contributed by atoms with van der Waals surface area (Å²) in [7, 11) is 0. The van der Waals surface area contributed by atoms with Gasteiger partial charge in [0.1, 0.15) is 22.7 Å². The van der Waals surface area contributed by atoms with E-state index in [-0.39, 0.29) is 11.3 Å². The van der Waals surface area contributed by atoms with Crippen LogP contribution >= 0.6 is 0 Å². The number of aromatic amines is 1. The van der Waals surface area contributed by atoms with Gasteiger partial charge in [0.15, 0.2) is 0 Å². The van der Waals surface area contributed by atoms with Crippen LogP contribution in [-0.4, -0.2) is 26.6 Å². The zero-order valence-electron chi connectivity index (χ0n) is 9.94. The molecule has 0 saturated heterocycles. The fraction of sp³-hybridized carbons (Fsp3) is 0.333. The van der Waals surface area contributed by atoms with Crippen molar-refractivity contribution >= 4 is 17.0 Å². The van der Waals surface area contributed by atoms with Gasteiger partial charge >= 0.3 is 5.97 Å². The predicted molar refractivity (Wildman–Crippen MR) is 63.4 cm³/mol. The monoisotopic (exact) mass is 234 g/mol. The molecule has 0 aliphatic carbocycles. The van der Waals surface area contributed by atoms with E-state index in [0.717, 1.165) is 0 Å². The van der Waals surface area contributed by atoms with Crippen LogP contribution in [0.3, 0.4) is 0 Å². The Bertz CT molecular complexity index is 567. The number of carbonyl (C=O) groups is 1. The minimum Gasteiger partial charge on any atom is -0.487 e. The Morgan fingerprint density at radius 2 is 2.18 bits per heavy atom. The molecule has 0 saturated carbocycles. The van der Waals surface area contributed by atoms with Crippen LogP contribution in [0.1, 0.15) is 31.3 Å². The summed E-state index contributed by atoms with van der Waals surface area (Å²) in [6, 6.07) is 3.26. The van der Waals surface area contributed by atoms with Crippen molar-refractivity contribution < 1.29 is 14.6 Å². The van der Waals surface area contributed by atoms with E-state index in [0.29, 0.717) is 16.8 Å². The normalized spacial score (nSPS) is 11.7. The molecule has 0 fully saturated rings. The summed E-state index contributed by atoms with van der Waals surface area (Å²) in [5.41, 5.74) is 0.288. The number of rotatable bonds is 2. The summed E-state index contributed by atoms with van der Waals surface area (Å²) in [5.74, 6) is -0.379. The summed E-state index contributed by atoms with van der Waals surface area (Å²) < 4.78 is 5.76. The Morgan fingerprint density at radius 1 is 1.47 bits per heavy atom. The highest BCUT2D eigenvalue weighted by atomic mass is 16.5. The first-order valence-electron chi connectivity index (χ1n) is 5.27. The number of H-pyrrole nitrogens is 1. The Morgan fingerprint density at radius 3 is 2.76 bits per heavy atom. The number of hydrogen-bond donors (Lipinski definition) is 2. The van der Waals surface area contributed by atoms with E-state index in [2.05, 4.69) is 9.97 Å². The molecule has 0 unspecified atom stereocenters. The average molecular weight is 234 g/mol. The lowest BCUT2D eigenvalue weighted by molar-refractivity contribution is 0.0691. The number of fused-ring (bicyclic) bond motifs is 1. The first-order valence-corrected chi connectivity index (χ1v) is 5.27. The predicted octanol–water partition coefficient (Wildman–Crippen LogP) is 2.44. The number of hydrogen-bond acceptors (Lipinski definition) is 3. The van der Waals surface area contributed by atoms with E-state index in [4.69, 9.17) is 9.84 Å². The number of nitrogens with one attached hydrogen (secondary N) is 1. The topological polar surface area (TPSA) is 75.2 Å². The highest BCUT2D eigenvalue weighted by Crippen LogP contribution is 2.27. The highest BCUT2D eigenvalue weighted by molar-refractivity contribution is 5.94. The minimum atomic E-state index is -1.01. The lowest BCUT2D eigenvalue weighted by Gasteiger charge is -2.21. The van der Waals surface area contributed by atoms with Crippen molar-refractivity contribution in [1.29, 1.82) is 0 Å². The first-order chi connectivity index (χ1) is 7.87. The standard InChI is InChI=1S/C12H14N2O3/c1-12(2,3)17-9-4-5-13-10-7(9)6-8(14-10)11(15)16/h4-6H,1-3H3,(H,13,14)(H,15,16). The molecular weight excluding hydrogens is 220 g/mol. The van der Waals surface area contributed by atoms with Gasteiger partial charge in [-0.15, -0.1) is 0 Å². The van der Waals surface area contributed by atoms with E-state index < -0.39 is 5.97 Å². The molecule has 0 aromatic carbocycles. The smallest absolute Gasteiger partial charge is 0.352 e. The van der Waals surface area contributed by atoms with Gasteiger partial charge in [-0.3, -0.25) is 0 Å². The van der Waals surface area contributed by atoms with Crippen molar-refractivity contribution in [3.63, 3.8) is 0 Å². The molecule has 0 amide bonds. The van der Waals surface area contributed by atoms with Crippen molar-refractivity contribution in [3.05, 3.63) is 24.0 Å². The van der Waals surface area contributed by atoms with Crippen molar-refractivity contribution in [3.8, 4) is 5.75 Å². The van der Waals surface area contributed by atoms with Crippen molar-refractivity contribution in [2.45, 2.75) is 26.4 Å². The zero-order chi connectivity index (χ0) is 12.6. The van der Waals surface area contributed by atoms with Gasteiger partial charge in [-0.05, 0) is 32.9 Å². The number of ether oxygens (including phenoxy) is 1. The van der Waals surface area contributed by atoms with Gasteiger partial charge < -0.3 is 14.8 Å². The summed E-state index contributed by atoms with van der Waals surface area (Å²) in [5, 5.41) is 9.59. The van der Waals surface area contributed by atoms with Crippen molar-refractivity contribution in [2.24, 2.45) is 0 Å². The quantitative estimate of drug-likeness (QED) is 0.836. The van der Waals surface area contributed by atoms with Crippen LogP contribution in [0.4, 0.5) is 0 Å². The summed E-state index contributed by atoms with van der Waals surface area (Å²) in [6.07, 6.45) is 1.59. The van der Waals surface area contributed by atoms with E-state index >= 15 is 0 Å². The molecule has 0 aliphatic rings. The lowest BCUT2D eigenvalue weighted by atomic mass is 10.2. The fourth-order valence-electron chi connectivity index (χ4n) is 1.54. The molecule has 2 aromatic rings. The van der Waals surface area contributed by atoms with Gasteiger partial charge in [0.2, 0.25) is 0 Å². The van der Waals surface area contributed by atoms with Gasteiger partial charge in [-0.2, -0.15) is 0 Å². The molecule has 0 radical (unpaired) electrons. The Labute approximate surface area is 98.4 Å². The Hall–Kier alpha value is -2.04. The average Bonchev–Trinajstić information content (AvgIpc) is 2.60. The maximum absolute atomic E-state index is 10.9. The third-order valence-electron chi connectivity index (χ3n) is 2.14. The Kier molecular flexibility index (Phi) is 2.53. The molecule has 90 valence electrons. The molecule has 2 N–H and O–H groups in total. The van der Waals surface area contributed by atoms with Gasteiger partial charge in [-0.1, -0.05) is 0 Å². The number of carboxylic acids is 1. The summed E-state index contributed by atoms with van der Waals surface area (Å²) in [4.78, 5) is 17.7. The van der Waals surface area contributed by atoms with Crippen LogP contribution < -0.4 is 4.74 Å². The second-order valence-electron chi connectivity index (χ2n) is 4.77. The zero-order valence-corrected chi connectivity index (χ0v) is 9.94. The number of aromatic carboxylic acids is 1. The number of aromatic nitrogens is 2. The van der Waals surface area contributed by atoms with Crippen molar-refractivity contribution in [2.75, 3.05) is 0 Å². The highest BCUT2D eigenvalue weighted by Gasteiger charge is 2.16. The van der Waals surface area contributed by atoms with Crippen LogP contribution in [-0.2, 0) is 0 Å². The van der Waals surface area contributed by atoms with Crippen LogP contribution in [0.25, 0.3) is 11.0 Å². The lowest BCUT2D eigenvalue weighted by Crippen LogP contribution is -2.23.